The first kappa shape index (κ1) is 17.3. The van der Waals surface area contributed by atoms with Crippen molar-refractivity contribution in [2.45, 2.75) is 32.9 Å². The van der Waals surface area contributed by atoms with Gasteiger partial charge in [-0.05, 0) is 5.41 Å². The Balaban J connectivity index is 2.61. The van der Waals surface area contributed by atoms with Gasteiger partial charge in [-0.25, -0.2) is 0 Å². The zero-order valence-electron chi connectivity index (χ0n) is 11.6. The van der Waals surface area contributed by atoms with Crippen LogP contribution in [0.3, 0.4) is 0 Å². The van der Waals surface area contributed by atoms with Crippen molar-refractivity contribution in [2.75, 3.05) is 12.4 Å². The summed E-state index contributed by atoms with van der Waals surface area (Å²) in [5.74, 6) is -1.02. The standard InChI is InChI=1S/C11H14F3N3O3S/c1-10(2,5-7(19)20-3)4-6(18)15-9-17-16-8(21-9)11(12,13)14/h4-5H2,1-3H3,(H,15,17,18). The van der Waals surface area contributed by atoms with E-state index in [0.717, 1.165) is 0 Å². The molecule has 0 saturated heterocycles. The van der Waals surface area contributed by atoms with E-state index in [1.807, 2.05) is 0 Å². The Bertz CT molecular complexity index is 528. The third-order valence-electron chi connectivity index (χ3n) is 2.40. The summed E-state index contributed by atoms with van der Waals surface area (Å²) in [6.07, 6.45) is -4.64. The first-order chi connectivity index (χ1) is 9.53. The Morgan fingerprint density at radius 3 is 2.33 bits per heavy atom. The lowest BCUT2D eigenvalue weighted by molar-refractivity contribution is -0.143. The average Bonchev–Trinajstić information content (AvgIpc) is 2.75. The van der Waals surface area contributed by atoms with Crippen LogP contribution in [0, 0.1) is 5.41 Å². The molecule has 1 rings (SSSR count). The summed E-state index contributed by atoms with van der Waals surface area (Å²) in [7, 11) is 1.23. The maximum atomic E-state index is 12.3. The molecule has 1 amide bonds. The van der Waals surface area contributed by atoms with E-state index in [9.17, 15) is 22.8 Å². The fourth-order valence-corrected chi connectivity index (χ4v) is 2.14. The second-order valence-corrected chi connectivity index (χ2v) is 6.03. The zero-order chi connectivity index (χ0) is 16.3. The normalized spacial score (nSPS) is 12.1. The van der Waals surface area contributed by atoms with Gasteiger partial charge in [0.05, 0.1) is 13.5 Å². The van der Waals surface area contributed by atoms with Crippen molar-refractivity contribution in [3.8, 4) is 0 Å². The molecule has 0 fully saturated rings. The quantitative estimate of drug-likeness (QED) is 0.841. The van der Waals surface area contributed by atoms with Crippen LogP contribution in [0.5, 0.6) is 0 Å². The Morgan fingerprint density at radius 2 is 1.86 bits per heavy atom. The molecule has 0 aliphatic heterocycles. The number of aromatic nitrogens is 2. The predicted molar refractivity (Wildman–Crippen MR) is 68.6 cm³/mol. The Hall–Kier alpha value is -1.71. The van der Waals surface area contributed by atoms with Gasteiger partial charge in [-0.3, -0.25) is 9.59 Å². The minimum Gasteiger partial charge on any atom is -0.469 e. The molecule has 6 nitrogen and oxygen atoms in total. The van der Waals surface area contributed by atoms with E-state index in [4.69, 9.17) is 0 Å². The van der Waals surface area contributed by atoms with Crippen molar-refractivity contribution in [1.82, 2.24) is 10.2 Å². The fraction of sp³-hybridized carbons (Fsp3) is 0.636. The van der Waals surface area contributed by atoms with Crippen LogP contribution in [0.1, 0.15) is 31.7 Å². The van der Waals surface area contributed by atoms with Crippen molar-refractivity contribution >= 4 is 28.3 Å². The van der Waals surface area contributed by atoms with E-state index in [1.54, 1.807) is 13.8 Å². The number of carbonyl (C=O) groups is 2. The Kier molecular flexibility index (Phi) is 5.26. The number of nitrogens with zero attached hydrogens (tertiary/aromatic N) is 2. The molecular formula is C11H14F3N3O3S. The number of hydrogen-bond donors (Lipinski definition) is 1. The summed E-state index contributed by atoms with van der Waals surface area (Å²) < 4.78 is 41.5. The molecule has 1 aromatic heterocycles. The summed E-state index contributed by atoms with van der Waals surface area (Å²) in [6.45, 7) is 3.34. The maximum Gasteiger partial charge on any atom is 0.445 e. The number of esters is 1. The molecule has 1 aromatic rings. The van der Waals surface area contributed by atoms with Crippen LogP contribution < -0.4 is 5.32 Å². The number of carbonyl (C=O) groups excluding carboxylic acids is 2. The minimum atomic E-state index is -4.59. The van der Waals surface area contributed by atoms with Crippen LogP contribution in [0.25, 0.3) is 0 Å². The second-order valence-electron chi connectivity index (χ2n) is 5.05. The topological polar surface area (TPSA) is 81.2 Å². The molecule has 118 valence electrons. The number of methoxy groups -OCH3 is 1. The summed E-state index contributed by atoms with van der Waals surface area (Å²) in [5, 5.41) is 7.08. The third kappa shape index (κ3) is 5.66. The smallest absolute Gasteiger partial charge is 0.445 e. The summed E-state index contributed by atoms with van der Waals surface area (Å²) >= 11 is 0.242. The highest BCUT2D eigenvalue weighted by atomic mass is 32.1. The highest BCUT2D eigenvalue weighted by Crippen LogP contribution is 2.33. The van der Waals surface area contributed by atoms with E-state index >= 15 is 0 Å². The van der Waals surface area contributed by atoms with Crippen LogP contribution in [0.15, 0.2) is 0 Å². The van der Waals surface area contributed by atoms with Crippen molar-refractivity contribution in [1.29, 1.82) is 0 Å². The minimum absolute atomic E-state index is 0.0147. The van der Waals surface area contributed by atoms with Crippen molar-refractivity contribution in [3.63, 3.8) is 0 Å². The number of hydrogen-bond acceptors (Lipinski definition) is 6. The number of halogens is 3. The molecule has 0 aromatic carbocycles. The van der Waals surface area contributed by atoms with Gasteiger partial charge in [-0.1, -0.05) is 25.2 Å². The van der Waals surface area contributed by atoms with E-state index in [0.29, 0.717) is 0 Å². The number of nitrogens with one attached hydrogen (secondary N) is 1. The van der Waals surface area contributed by atoms with Gasteiger partial charge < -0.3 is 10.1 Å². The molecule has 0 unspecified atom stereocenters. The van der Waals surface area contributed by atoms with Crippen molar-refractivity contribution in [2.24, 2.45) is 5.41 Å². The van der Waals surface area contributed by atoms with Crippen LogP contribution in [-0.2, 0) is 20.5 Å². The second kappa shape index (κ2) is 6.37. The van der Waals surface area contributed by atoms with Gasteiger partial charge in [0.1, 0.15) is 0 Å². The lowest BCUT2D eigenvalue weighted by Crippen LogP contribution is -2.25. The number of anilines is 1. The van der Waals surface area contributed by atoms with E-state index in [-0.39, 0.29) is 29.3 Å². The summed E-state index contributed by atoms with van der Waals surface area (Å²) in [6, 6.07) is 0. The van der Waals surface area contributed by atoms with Gasteiger partial charge in [0.2, 0.25) is 16.0 Å². The highest BCUT2D eigenvalue weighted by Gasteiger charge is 2.36. The molecule has 1 N–H and O–H groups in total. The van der Waals surface area contributed by atoms with E-state index < -0.39 is 28.5 Å². The van der Waals surface area contributed by atoms with Crippen LogP contribution in [-0.4, -0.2) is 29.2 Å². The zero-order valence-corrected chi connectivity index (χ0v) is 12.4. The lowest BCUT2D eigenvalue weighted by atomic mass is 9.85. The maximum absolute atomic E-state index is 12.3. The van der Waals surface area contributed by atoms with Gasteiger partial charge in [0.15, 0.2) is 0 Å². The monoisotopic (exact) mass is 325 g/mol. The van der Waals surface area contributed by atoms with Crippen molar-refractivity contribution < 1.29 is 27.5 Å². The molecule has 0 radical (unpaired) electrons. The van der Waals surface area contributed by atoms with Gasteiger partial charge in [-0.2, -0.15) is 13.2 Å². The molecule has 0 saturated carbocycles. The van der Waals surface area contributed by atoms with Crippen molar-refractivity contribution in [3.05, 3.63) is 5.01 Å². The number of rotatable bonds is 5. The van der Waals surface area contributed by atoms with Gasteiger partial charge in [-0.15, -0.1) is 10.2 Å². The van der Waals surface area contributed by atoms with Crippen LogP contribution in [0.4, 0.5) is 18.3 Å². The van der Waals surface area contributed by atoms with Crippen LogP contribution >= 0.6 is 11.3 Å². The van der Waals surface area contributed by atoms with E-state index in [1.165, 1.54) is 7.11 Å². The first-order valence-electron chi connectivity index (χ1n) is 5.81. The highest BCUT2D eigenvalue weighted by molar-refractivity contribution is 7.15. The summed E-state index contributed by atoms with van der Waals surface area (Å²) in [5.41, 5.74) is -0.686. The molecule has 0 aliphatic rings. The van der Waals surface area contributed by atoms with Crippen LogP contribution in [0.2, 0.25) is 0 Å². The largest absolute Gasteiger partial charge is 0.469 e. The van der Waals surface area contributed by atoms with Gasteiger partial charge in [0, 0.05) is 6.42 Å². The average molecular weight is 325 g/mol. The Labute approximate surface area is 122 Å². The number of amides is 1. The Morgan fingerprint density at radius 1 is 1.24 bits per heavy atom. The molecule has 0 aliphatic carbocycles. The predicted octanol–water partition coefficient (Wildman–Crippen LogP) is 2.47. The fourth-order valence-electron chi connectivity index (χ4n) is 1.51. The lowest BCUT2D eigenvalue weighted by Gasteiger charge is -2.21. The molecule has 21 heavy (non-hydrogen) atoms. The molecular weight excluding hydrogens is 311 g/mol. The van der Waals surface area contributed by atoms with Gasteiger partial charge in [0.25, 0.3) is 0 Å². The molecule has 0 spiro atoms. The number of alkyl halides is 3. The third-order valence-corrected chi connectivity index (χ3v) is 3.29. The molecule has 10 heteroatoms. The first-order valence-corrected chi connectivity index (χ1v) is 6.62. The van der Waals surface area contributed by atoms with Gasteiger partial charge >= 0.3 is 12.1 Å². The molecule has 0 atom stereocenters. The molecule has 1 heterocycles. The number of ether oxygens (including phenoxy) is 1. The molecule has 0 bridgehead atoms. The summed E-state index contributed by atoms with van der Waals surface area (Å²) in [4.78, 5) is 22.9. The SMILES string of the molecule is COC(=O)CC(C)(C)CC(=O)Nc1nnc(C(F)(F)F)s1. The van der Waals surface area contributed by atoms with E-state index in [2.05, 4.69) is 20.3 Å².